The molecule has 11 atom stereocenters. The molecule has 0 spiro atoms. The van der Waals surface area contributed by atoms with Gasteiger partial charge in [0.1, 0.15) is 6.71 Å². The summed E-state index contributed by atoms with van der Waals surface area (Å²) in [6.45, 7) is 25.6. The van der Waals surface area contributed by atoms with Crippen molar-refractivity contribution in [2.75, 3.05) is 0 Å². The van der Waals surface area contributed by atoms with Gasteiger partial charge in [0.15, 0.2) is 0 Å². The van der Waals surface area contributed by atoms with Gasteiger partial charge in [0.25, 0.3) is 0 Å². The number of hydrogen-bond donors (Lipinski definition) is 0. The second kappa shape index (κ2) is 10.7. The zero-order valence-corrected chi connectivity index (χ0v) is 29.3. The van der Waals surface area contributed by atoms with Gasteiger partial charge in [-0.05, 0) is 145 Å². The largest absolute Gasteiger partial charge is 0.140 e. The zero-order chi connectivity index (χ0) is 29.1. The van der Waals surface area contributed by atoms with E-state index in [0.717, 1.165) is 71.8 Å². The van der Waals surface area contributed by atoms with Gasteiger partial charge in [-0.15, -0.1) is 0 Å². The molecule has 3 radical (unpaired) electrons. The van der Waals surface area contributed by atoms with E-state index in [9.17, 15) is 0 Å². The molecule has 0 saturated heterocycles. The SMILES string of the molecule is C=C1CCC2CC1C2(C)C.CC1(C)C2CCC(CB(CC3CCC4C[C@H]3C4(C)C)CC3CCC4C[C@H]3C4(C)C)[C@H]1C2.[B]. The molecule has 0 aromatic carbocycles. The Hall–Kier alpha value is -0.130. The molecule has 8 unspecified atom stereocenters. The lowest BCUT2D eigenvalue weighted by atomic mass is 9.30. The fourth-order valence-electron chi connectivity index (χ4n) is 14.0. The summed E-state index contributed by atoms with van der Waals surface area (Å²) in [5.41, 5.74) is 4.11. The van der Waals surface area contributed by atoms with E-state index >= 15 is 0 Å². The van der Waals surface area contributed by atoms with Crippen molar-refractivity contribution in [3.05, 3.63) is 12.2 Å². The number of rotatable bonds is 6. The van der Waals surface area contributed by atoms with Crippen molar-refractivity contribution < 1.29 is 0 Å². The van der Waals surface area contributed by atoms with E-state index in [0.29, 0.717) is 21.7 Å². The molecule has 2 heteroatoms. The fraction of sp³-hybridized carbons (Fsp3) is 0.950. The van der Waals surface area contributed by atoms with Crippen molar-refractivity contribution in [1.29, 1.82) is 0 Å². The van der Waals surface area contributed by atoms with Crippen molar-refractivity contribution in [1.82, 2.24) is 0 Å². The maximum atomic E-state index is 4.13. The van der Waals surface area contributed by atoms with Crippen molar-refractivity contribution in [3.63, 3.8) is 0 Å². The molecule has 12 saturated carbocycles. The van der Waals surface area contributed by atoms with Crippen LogP contribution in [0.4, 0.5) is 0 Å². The van der Waals surface area contributed by atoms with E-state index in [1.807, 2.05) is 0 Å². The van der Waals surface area contributed by atoms with Crippen molar-refractivity contribution in [2.45, 2.75) is 151 Å². The van der Waals surface area contributed by atoms with E-state index in [-0.39, 0.29) is 8.41 Å². The minimum absolute atomic E-state index is 0. The summed E-state index contributed by atoms with van der Waals surface area (Å²) in [4.78, 5) is 0. The molecule has 42 heavy (non-hydrogen) atoms. The quantitative estimate of drug-likeness (QED) is 0.220. The second-order valence-corrected chi connectivity index (χ2v) is 20.2. The predicted octanol–water partition coefficient (Wildman–Crippen LogP) is 11.3. The molecule has 0 aromatic rings. The molecule has 0 nitrogen and oxygen atoms in total. The summed E-state index contributed by atoms with van der Waals surface area (Å²) in [6.07, 6.45) is 23.0. The number of hydrogen-bond acceptors (Lipinski definition) is 0. The molecule has 0 aromatic heterocycles. The Labute approximate surface area is 264 Å². The Morgan fingerprint density at radius 2 is 0.881 bits per heavy atom. The summed E-state index contributed by atoms with van der Waals surface area (Å²) in [7, 11) is 0. The summed E-state index contributed by atoms with van der Waals surface area (Å²) in [5, 5.41) is 0. The zero-order valence-electron chi connectivity index (χ0n) is 29.3. The molecule has 8 bridgehead atoms. The smallest absolute Gasteiger partial charge is 0.0996 e. The van der Waals surface area contributed by atoms with Gasteiger partial charge in [-0.3, -0.25) is 0 Å². The predicted molar refractivity (Wildman–Crippen MR) is 184 cm³/mol. The highest BCUT2D eigenvalue weighted by atomic mass is 14.6. The molecule has 12 aliphatic rings. The Balaban J connectivity index is 0.000000243. The Morgan fingerprint density at radius 1 is 0.524 bits per heavy atom. The van der Waals surface area contributed by atoms with Crippen LogP contribution in [0.25, 0.3) is 0 Å². The van der Waals surface area contributed by atoms with Gasteiger partial charge >= 0.3 is 0 Å². The average molecular weight is 570 g/mol. The highest BCUT2D eigenvalue weighted by Gasteiger charge is 2.58. The number of fused-ring (bicyclic) bond motifs is 8. The Bertz CT molecular complexity index is 916. The van der Waals surface area contributed by atoms with E-state index in [4.69, 9.17) is 0 Å². The van der Waals surface area contributed by atoms with Crippen molar-refractivity contribution in [2.24, 2.45) is 86.8 Å². The van der Waals surface area contributed by atoms with Crippen LogP contribution in [0, 0.1) is 86.8 Å². The molecular formula is C40H67B2. The molecule has 0 amide bonds. The van der Waals surface area contributed by atoms with Gasteiger partial charge < -0.3 is 0 Å². The lowest BCUT2D eigenvalue weighted by molar-refractivity contribution is -0.104. The molecule has 233 valence electrons. The lowest BCUT2D eigenvalue weighted by Crippen LogP contribution is -2.55. The first-order chi connectivity index (χ1) is 19.2. The highest BCUT2D eigenvalue weighted by molar-refractivity contribution is 6.59. The third-order valence-electron chi connectivity index (χ3n) is 17.7. The average Bonchev–Trinajstić information content (AvgIpc) is 2.93. The first-order valence-corrected chi connectivity index (χ1v) is 18.9. The fourth-order valence-corrected chi connectivity index (χ4v) is 14.0. The summed E-state index contributed by atoms with van der Waals surface area (Å²) in [6, 6.07) is 0. The standard InChI is InChI=1S/C30H51B.C10H16.B/c1-28(2)22-10-7-19(25(28)13-22)16-31(17-20-8-11-23-14-26(20)29(23,3)4)18-21-9-12-24-15-27(21)30(24,5)6;1-7-4-5-8-6-9(7)10(8,2)3;/h19-27H,7-18H2,1-6H3;8-9H,1,4-6H2,2-3H3;/t19?,20?,21?,22?,23?,24?,25-,26-,27-;;/m1../s1. The van der Waals surface area contributed by atoms with Crippen LogP contribution >= 0.6 is 0 Å². The number of allylic oxidation sites excluding steroid dienone is 1. The van der Waals surface area contributed by atoms with E-state index < -0.39 is 0 Å². The first-order valence-electron chi connectivity index (χ1n) is 18.9. The Morgan fingerprint density at radius 3 is 1.12 bits per heavy atom. The molecule has 0 N–H and O–H groups in total. The van der Waals surface area contributed by atoms with Crippen LogP contribution in [0.1, 0.15) is 132 Å². The van der Waals surface area contributed by atoms with Crippen LogP contribution in [0.15, 0.2) is 12.2 Å². The van der Waals surface area contributed by atoms with Gasteiger partial charge in [0.05, 0.1) is 0 Å². The van der Waals surface area contributed by atoms with Crippen molar-refractivity contribution in [3.8, 4) is 0 Å². The maximum Gasteiger partial charge on any atom is 0.140 e. The molecule has 12 fully saturated rings. The second-order valence-electron chi connectivity index (χ2n) is 20.2. The first kappa shape index (κ1) is 31.8. The Kier molecular flexibility index (Phi) is 8.12. The summed E-state index contributed by atoms with van der Waals surface area (Å²) >= 11 is 0. The van der Waals surface area contributed by atoms with E-state index in [2.05, 4.69) is 62.0 Å². The normalized spacial score (nSPS) is 47.0. The minimum atomic E-state index is 0. The van der Waals surface area contributed by atoms with E-state index in [1.54, 1.807) is 76.7 Å². The van der Waals surface area contributed by atoms with Crippen LogP contribution in [0.5, 0.6) is 0 Å². The third-order valence-corrected chi connectivity index (χ3v) is 17.7. The molecular weight excluding hydrogens is 502 g/mol. The van der Waals surface area contributed by atoms with Gasteiger partial charge in [0.2, 0.25) is 0 Å². The molecule has 12 rings (SSSR count). The topological polar surface area (TPSA) is 0 Å². The van der Waals surface area contributed by atoms with Crippen LogP contribution in [-0.2, 0) is 0 Å². The molecule has 0 aliphatic heterocycles. The van der Waals surface area contributed by atoms with Crippen molar-refractivity contribution >= 4 is 15.1 Å². The minimum Gasteiger partial charge on any atom is -0.0996 e. The monoisotopic (exact) mass is 570 g/mol. The highest BCUT2D eigenvalue weighted by Crippen LogP contribution is 2.66. The van der Waals surface area contributed by atoms with Crippen LogP contribution in [0.3, 0.4) is 0 Å². The third kappa shape index (κ3) is 4.81. The van der Waals surface area contributed by atoms with Gasteiger partial charge in [0, 0.05) is 8.41 Å². The summed E-state index contributed by atoms with van der Waals surface area (Å²) in [5.74, 6) is 11.4. The van der Waals surface area contributed by atoms with Crippen LogP contribution in [0.2, 0.25) is 19.0 Å². The van der Waals surface area contributed by atoms with Crippen LogP contribution in [-0.4, -0.2) is 15.1 Å². The molecule has 0 heterocycles. The van der Waals surface area contributed by atoms with Gasteiger partial charge in [-0.2, -0.15) is 0 Å². The maximum absolute atomic E-state index is 4.13. The van der Waals surface area contributed by atoms with E-state index in [1.165, 1.54) is 24.8 Å². The molecule has 12 aliphatic carbocycles. The lowest BCUT2D eigenvalue weighted by Gasteiger charge is -2.62. The van der Waals surface area contributed by atoms with Crippen LogP contribution < -0.4 is 0 Å². The van der Waals surface area contributed by atoms with Gasteiger partial charge in [-0.1, -0.05) is 106 Å². The van der Waals surface area contributed by atoms with Gasteiger partial charge in [-0.25, -0.2) is 0 Å². The summed E-state index contributed by atoms with van der Waals surface area (Å²) < 4.78 is 0.